The molecule has 17 heavy (non-hydrogen) atoms. The molecule has 2 N–H and O–H groups in total. The third kappa shape index (κ3) is 2.05. The van der Waals surface area contributed by atoms with Crippen molar-refractivity contribution in [3.63, 3.8) is 0 Å². The Labute approximate surface area is 102 Å². The van der Waals surface area contributed by atoms with E-state index in [1.807, 2.05) is 12.1 Å². The van der Waals surface area contributed by atoms with Crippen molar-refractivity contribution in [1.29, 1.82) is 0 Å². The highest BCUT2D eigenvalue weighted by Gasteiger charge is 2.32. The van der Waals surface area contributed by atoms with Crippen molar-refractivity contribution in [3.8, 4) is 17.2 Å². The van der Waals surface area contributed by atoms with Crippen LogP contribution in [0.15, 0.2) is 12.1 Å². The maximum Gasteiger partial charge on any atom is 0.164 e. The Morgan fingerprint density at radius 1 is 0.941 bits per heavy atom. The van der Waals surface area contributed by atoms with Crippen LogP contribution in [0.3, 0.4) is 0 Å². The zero-order valence-corrected chi connectivity index (χ0v) is 10.5. The minimum atomic E-state index is 0.224. The molecule has 0 heterocycles. The molecule has 4 heteroatoms. The van der Waals surface area contributed by atoms with Gasteiger partial charge in [0, 0.05) is 23.6 Å². The molecule has 0 bridgehead atoms. The first-order chi connectivity index (χ1) is 8.21. The van der Waals surface area contributed by atoms with Crippen molar-refractivity contribution < 1.29 is 14.2 Å². The van der Waals surface area contributed by atoms with Gasteiger partial charge in [0.15, 0.2) is 11.5 Å². The van der Waals surface area contributed by atoms with E-state index in [9.17, 15) is 0 Å². The van der Waals surface area contributed by atoms with Gasteiger partial charge >= 0.3 is 0 Å². The summed E-state index contributed by atoms with van der Waals surface area (Å²) in [6.45, 7) is 0. The summed E-state index contributed by atoms with van der Waals surface area (Å²) in [4.78, 5) is 0. The fraction of sp³-hybridized carbons (Fsp3) is 0.538. The summed E-state index contributed by atoms with van der Waals surface area (Å²) in [6, 6.07) is 4.06. The second kappa shape index (κ2) is 4.84. The average Bonchev–Trinajstić information content (AvgIpc) is 2.36. The summed E-state index contributed by atoms with van der Waals surface area (Å²) in [5, 5.41) is 0. The lowest BCUT2D eigenvalue weighted by Crippen LogP contribution is -2.37. The Kier molecular flexibility index (Phi) is 3.43. The van der Waals surface area contributed by atoms with Crippen LogP contribution in [-0.2, 0) is 0 Å². The van der Waals surface area contributed by atoms with Gasteiger partial charge in [-0.05, 0) is 18.9 Å². The van der Waals surface area contributed by atoms with Crippen LogP contribution < -0.4 is 19.9 Å². The van der Waals surface area contributed by atoms with Crippen molar-refractivity contribution in [2.24, 2.45) is 5.73 Å². The standard InChI is InChI=1S/C13H19NO3/c1-15-11-7-13(17-3)12(16-2)6-9(11)8-4-5-10(8)14/h6-8,10H,4-5,14H2,1-3H3. The highest BCUT2D eigenvalue weighted by Crippen LogP contribution is 2.44. The number of benzene rings is 1. The summed E-state index contributed by atoms with van der Waals surface area (Å²) in [5.74, 6) is 2.59. The molecule has 1 aromatic carbocycles. The predicted molar refractivity (Wildman–Crippen MR) is 66.0 cm³/mol. The first-order valence-electron chi connectivity index (χ1n) is 5.76. The monoisotopic (exact) mass is 237 g/mol. The van der Waals surface area contributed by atoms with Crippen LogP contribution in [-0.4, -0.2) is 27.4 Å². The van der Waals surface area contributed by atoms with Gasteiger partial charge in [-0.15, -0.1) is 0 Å². The summed E-state index contributed by atoms with van der Waals surface area (Å²) in [6.07, 6.45) is 2.18. The zero-order chi connectivity index (χ0) is 12.4. The Morgan fingerprint density at radius 2 is 1.53 bits per heavy atom. The molecule has 2 rings (SSSR count). The van der Waals surface area contributed by atoms with Gasteiger partial charge in [0.05, 0.1) is 21.3 Å². The summed E-state index contributed by atoms with van der Waals surface area (Å²) in [7, 11) is 4.91. The molecule has 0 aromatic heterocycles. The summed E-state index contributed by atoms with van der Waals surface area (Å²) < 4.78 is 16.0. The average molecular weight is 237 g/mol. The van der Waals surface area contributed by atoms with E-state index in [1.54, 1.807) is 21.3 Å². The van der Waals surface area contributed by atoms with E-state index in [2.05, 4.69) is 0 Å². The Morgan fingerprint density at radius 3 is 1.94 bits per heavy atom. The van der Waals surface area contributed by atoms with Crippen molar-refractivity contribution in [3.05, 3.63) is 17.7 Å². The van der Waals surface area contributed by atoms with Crippen molar-refractivity contribution >= 4 is 0 Å². The first-order valence-corrected chi connectivity index (χ1v) is 5.76. The van der Waals surface area contributed by atoms with Crippen LogP contribution >= 0.6 is 0 Å². The minimum absolute atomic E-state index is 0.224. The second-order valence-corrected chi connectivity index (χ2v) is 4.30. The lowest BCUT2D eigenvalue weighted by atomic mass is 9.75. The molecule has 0 saturated heterocycles. The van der Waals surface area contributed by atoms with Crippen LogP contribution in [0.25, 0.3) is 0 Å². The molecule has 94 valence electrons. The van der Waals surface area contributed by atoms with E-state index in [1.165, 1.54) is 0 Å². The molecule has 1 aromatic rings. The molecule has 1 aliphatic carbocycles. The molecular weight excluding hydrogens is 218 g/mol. The topological polar surface area (TPSA) is 53.7 Å². The van der Waals surface area contributed by atoms with Gasteiger partial charge in [0.25, 0.3) is 0 Å². The molecule has 1 aliphatic rings. The highest BCUT2D eigenvalue weighted by molar-refractivity contribution is 5.52. The van der Waals surface area contributed by atoms with E-state index in [0.717, 1.165) is 29.9 Å². The Balaban J connectivity index is 2.42. The Bertz CT molecular complexity index is 406. The minimum Gasteiger partial charge on any atom is -0.496 e. The van der Waals surface area contributed by atoms with Gasteiger partial charge in [-0.25, -0.2) is 0 Å². The van der Waals surface area contributed by atoms with Crippen LogP contribution in [0.5, 0.6) is 17.2 Å². The quantitative estimate of drug-likeness (QED) is 0.869. The molecule has 2 atom stereocenters. The number of hydrogen-bond donors (Lipinski definition) is 1. The normalized spacial score (nSPS) is 22.8. The predicted octanol–water partition coefficient (Wildman–Crippen LogP) is 1.92. The largest absolute Gasteiger partial charge is 0.496 e. The first kappa shape index (κ1) is 12.0. The van der Waals surface area contributed by atoms with Gasteiger partial charge in [0.1, 0.15) is 5.75 Å². The number of rotatable bonds is 4. The van der Waals surface area contributed by atoms with Gasteiger partial charge in [-0.3, -0.25) is 0 Å². The molecule has 0 spiro atoms. The number of ether oxygens (including phenoxy) is 3. The van der Waals surface area contributed by atoms with Gasteiger partial charge < -0.3 is 19.9 Å². The number of methoxy groups -OCH3 is 3. The molecule has 0 aliphatic heterocycles. The third-order valence-electron chi connectivity index (χ3n) is 3.46. The third-order valence-corrected chi connectivity index (χ3v) is 3.46. The zero-order valence-electron chi connectivity index (χ0n) is 10.5. The van der Waals surface area contributed by atoms with E-state index in [-0.39, 0.29) is 6.04 Å². The molecule has 2 unspecified atom stereocenters. The van der Waals surface area contributed by atoms with Crippen LogP contribution in [0, 0.1) is 0 Å². The van der Waals surface area contributed by atoms with E-state index in [4.69, 9.17) is 19.9 Å². The smallest absolute Gasteiger partial charge is 0.164 e. The van der Waals surface area contributed by atoms with Gasteiger partial charge in [-0.1, -0.05) is 0 Å². The number of nitrogens with two attached hydrogens (primary N) is 1. The van der Waals surface area contributed by atoms with E-state index < -0.39 is 0 Å². The summed E-state index contributed by atoms with van der Waals surface area (Å²) in [5.41, 5.74) is 7.13. The molecular formula is C13H19NO3. The van der Waals surface area contributed by atoms with Crippen molar-refractivity contribution in [1.82, 2.24) is 0 Å². The fourth-order valence-electron chi connectivity index (χ4n) is 2.25. The Hall–Kier alpha value is -1.42. The molecule has 0 radical (unpaired) electrons. The lowest BCUT2D eigenvalue weighted by Gasteiger charge is -2.35. The van der Waals surface area contributed by atoms with Gasteiger partial charge in [-0.2, -0.15) is 0 Å². The van der Waals surface area contributed by atoms with Crippen molar-refractivity contribution in [2.75, 3.05) is 21.3 Å². The number of hydrogen-bond acceptors (Lipinski definition) is 4. The molecule has 0 amide bonds. The fourth-order valence-corrected chi connectivity index (χ4v) is 2.25. The molecule has 1 fully saturated rings. The van der Waals surface area contributed by atoms with Crippen LogP contribution in [0.4, 0.5) is 0 Å². The lowest BCUT2D eigenvalue weighted by molar-refractivity contribution is 0.318. The highest BCUT2D eigenvalue weighted by atomic mass is 16.5. The van der Waals surface area contributed by atoms with E-state index in [0.29, 0.717) is 11.7 Å². The van der Waals surface area contributed by atoms with Crippen LogP contribution in [0.2, 0.25) is 0 Å². The van der Waals surface area contributed by atoms with Crippen molar-refractivity contribution in [2.45, 2.75) is 24.8 Å². The second-order valence-electron chi connectivity index (χ2n) is 4.30. The van der Waals surface area contributed by atoms with Gasteiger partial charge in [0.2, 0.25) is 0 Å². The maximum absolute atomic E-state index is 6.01. The molecule has 4 nitrogen and oxygen atoms in total. The van der Waals surface area contributed by atoms with E-state index >= 15 is 0 Å². The molecule has 1 saturated carbocycles. The summed E-state index contributed by atoms with van der Waals surface area (Å²) >= 11 is 0. The van der Waals surface area contributed by atoms with Crippen LogP contribution in [0.1, 0.15) is 24.3 Å². The SMILES string of the molecule is COc1cc(OC)c(C2CCC2N)cc1OC. The maximum atomic E-state index is 6.01.